The first-order valence-electron chi connectivity index (χ1n) is 26.2. The first-order chi connectivity index (χ1) is 36.0. The molecule has 76 heavy (non-hydrogen) atoms. The van der Waals surface area contributed by atoms with Gasteiger partial charge in [-0.25, -0.2) is 15.0 Å². The van der Waals surface area contributed by atoms with Gasteiger partial charge in [-0.15, -0.1) is 0 Å². The molecule has 0 unspecified atom stereocenters. The van der Waals surface area contributed by atoms with E-state index in [9.17, 15) is 10.5 Å². The summed E-state index contributed by atoms with van der Waals surface area (Å²) < 4.78 is 4.61. The molecule has 0 aliphatic rings. The van der Waals surface area contributed by atoms with E-state index in [-0.39, 0.29) is 21.7 Å². The summed E-state index contributed by atoms with van der Waals surface area (Å²) in [6, 6.07) is 55.2. The van der Waals surface area contributed by atoms with Crippen LogP contribution in [0.3, 0.4) is 0 Å². The number of nitriles is 2. The molecular weight excluding hydrogens is 927 g/mol. The molecule has 0 N–H and O–H groups in total. The van der Waals surface area contributed by atoms with Crippen LogP contribution in [0.4, 0.5) is 0 Å². The van der Waals surface area contributed by atoms with Crippen molar-refractivity contribution in [3.05, 3.63) is 197 Å². The summed E-state index contributed by atoms with van der Waals surface area (Å²) in [6.07, 6.45) is 6.38. The summed E-state index contributed by atoms with van der Waals surface area (Å²) in [5.41, 5.74) is 15.4. The predicted octanol–water partition coefficient (Wildman–Crippen LogP) is 17.9. The van der Waals surface area contributed by atoms with Crippen LogP contribution >= 0.6 is 0 Å². The minimum atomic E-state index is -0.0950. The second kappa shape index (κ2) is 18.9. The first-order valence-corrected chi connectivity index (χ1v) is 26.2. The fourth-order valence-corrected chi connectivity index (χ4v) is 10.1. The lowest BCUT2D eigenvalue weighted by atomic mass is 9.85. The molecule has 0 aliphatic heterocycles. The number of benzene rings is 7. The van der Waals surface area contributed by atoms with E-state index in [1.807, 2.05) is 78.9 Å². The zero-order chi connectivity index (χ0) is 54.1. The van der Waals surface area contributed by atoms with E-state index in [2.05, 4.69) is 196 Å². The van der Waals surface area contributed by atoms with E-state index < -0.39 is 0 Å². The van der Waals surface area contributed by atoms with Crippen molar-refractivity contribution in [1.82, 2.24) is 24.1 Å². The van der Waals surface area contributed by atoms with Crippen molar-refractivity contribution < 1.29 is 0 Å². The fourth-order valence-electron chi connectivity index (χ4n) is 10.1. The average molecular weight is 992 g/mol. The zero-order valence-electron chi connectivity index (χ0n) is 45.9. The molecule has 7 aromatic carbocycles. The largest absolute Gasteiger partial charge is 0.309 e. The highest BCUT2D eigenvalue weighted by Gasteiger charge is 2.26. The third kappa shape index (κ3) is 9.55. The fraction of sp³-hybridized carbons (Fsp3) is 0.232. The molecule has 0 radical (unpaired) electrons. The Balaban J connectivity index is 1.26. The Bertz CT molecular complexity index is 3970. The number of hydrogen-bond acceptors (Lipinski definition) is 5. The minimum Gasteiger partial charge on any atom is -0.309 e. The number of fused-ring (bicyclic) bond motifs is 4. The van der Waals surface area contributed by atoms with Crippen molar-refractivity contribution in [2.75, 3.05) is 0 Å². The lowest BCUT2D eigenvalue weighted by Crippen LogP contribution is -2.10. The quantitative estimate of drug-likeness (QED) is 0.151. The number of aromatic nitrogens is 5. The van der Waals surface area contributed by atoms with Gasteiger partial charge in [0.05, 0.1) is 45.5 Å². The lowest BCUT2D eigenvalue weighted by molar-refractivity contribution is 0.547. The van der Waals surface area contributed by atoms with Crippen LogP contribution in [0.5, 0.6) is 0 Å². The molecule has 3 aromatic heterocycles. The Labute approximate surface area is 448 Å². The molecule has 0 spiro atoms. The molecule has 7 nitrogen and oxygen atoms in total. The van der Waals surface area contributed by atoms with Gasteiger partial charge in [0.15, 0.2) is 17.5 Å². The zero-order valence-corrected chi connectivity index (χ0v) is 45.9. The summed E-state index contributed by atoms with van der Waals surface area (Å²) in [5, 5.41) is 24.3. The van der Waals surface area contributed by atoms with Crippen LogP contribution in [0.15, 0.2) is 158 Å². The summed E-state index contributed by atoms with van der Waals surface area (Å²) in [5.74, 6) is 1.27. The Morgan fingerprint density at radius 1 is 0.461 bits per heavy atom. The van der Waals surface area contributed by atoms with Gasteiger partial charge in [0, 0.05) is 49.8 Å². The Kier molecular flexibility index (Phi) is 12.7. The van der Waals surface area contributed by atoms with Crippen molar-refractivity contribution in [3.63, 3.8) is 0 Å². The molecule has 0 atom stereocenters. The average Bonchev–Trinajstić information content (AvgIpc) is 3.90. The van der Waals surface area contributed by atoms with E-state index in [1.165, 1.54) is 27.5 Å². The van der Waals surface area contributed by atoms with Gasteiger partial charge < -0.3 is 9.13 Å². The highest BCUT2D eigenvalue weighted by atomic mass is 15.0. The second-order valence-corrected chi connectivity index (χ2v) is 24.3. The van der Waals surface area contributed by atoms with E-state index in [0.717, 1.165) is 66.8 Å². The van der Waals surface area contributed by atoms with Gasteiger partial charge in [0.25, 0.3) is 0 Å². The number of nitrogens with zero attached hydrogens (tertiary/aromatic N) is 7. The molecule has 0 amide bonds. The molecule has 376 valence electrons. The van der Waals surface area contributed by atoms with Crippen LogP contribution in [-0.4, -0.2) is 24.1 Å². The third-order valence-corrected chi connectivity index (χ3v) is 14.5. The maximum absolute atomic E-state index is 11.0. The maximum atomic E-state index is 11.0. The number of rotatable bonds is 8. The minimum absolute atomic E-state index is 0.0517. The van der Waals surface area contributed by atoms with Crippen LogP contribution < -0.4 is 0 Å². The molecule has 7 heteroatoms. The highest BCUT2D eigenvalue weighted by molar-refractivity contribution is 6.10. The highest BCUT2D eigenvalue weighted by Crippen LogP contribution is 2.42. The van der Waals surface area contributed by atoms with Gasteiger partial charge in [-0.2, -0.15) is 10.5 Å². The van der Waals surface area contributed by atoms with Crippen LogP contribution in [0.25, 0.3) is 102 Å². The van der Waals surface area contributed by atoms with Crippen LogP contribution in [-0.2, 0) is 16.2 Å². The Morgan fingerprint density at radius 3 is 1.49 bits per heavy atom. The Morgan fingerprint density at radius 2 is 0.961 bits per heavy atom. The second-order valence-electron chi connectivity index (χ2n) is 24.3. The lowest BCUT2D eigenvalue weighted by Gasteiger charge is -2.19. The normalized spacial score (nSPS) is 12.4. The van der Waals surface area contributed by atoms with Crippen molar-refractivity contribution in [2.24, 2.45) is 5.41 Å². The van der Waals surface area contributed by atoms with E-state index >= 15 is 0 Å². The van der Waals surface area contributed by atoms with Gasteiger partial charge in [-0.1, -0.05) is 169 Å². The van der Waals surface area contributed by atoms with Crippen LogP contribution in [0, 0.1) is 28.1 Å². The molecule has 10 rings (SSSR count). The molecule has 0 saturated heterocycles. The van der Waals surface area contributed by atoms with Crippen molar-refractivity contribution in [1.29, 1.82) is 10.5 Å². The van der Waals surface area contributed by atoms with E-state index in [4.69, 9.17) is 15.0 Å². The molecule has 3 heterocycles. The molecule has 0 fully saturated rings. The summed E-state index contributed by atoms with van der Waals surface area (Å²) in [7, 11) is 0. The maximum Gasteiger partial charge on any atom is 0.165 e. The van der Waals surface area contributed by atoms with E-state index in [1.54, 1.807) is 0 Å². The molecule has 0 aliphatic carbocycles. The molecule has 0 saturated carbocycles. The smallest absolute Gasteiger partial charge is 0.165 e. The van der Waals surface area contributed by atoms with Crippen molar-refractivity contribution in [3.8, 4) is 68.8 Å². The molecule has 10 aromatic rings. The van der Waals surface area contributed by atoms with Gasteiger partial charge in [0.1, 0.15) is 0 Å². The SMILES string of the molecule is C=Cc1c(/C=C\C(C)(C)C)n(-c2ccc(C#N)c(-c3nc(-c4ccccc4)nc(-c4cc(-n5c6ccc(C(C)(C)C)cc6c6cc(C(C)(C)C)ccc65)ccc4-c4ccc(C#N)cc4)n3)c2)c2ccc(C(C)(C)C)cc12. The van der Waals surface area contributed by atoms with E-state index in [0.29, 0.717) is 34.2 Å². The third-order valence-electron chi connectivity index (χ3n) is 14.5. The van der Waals surface area contributed by atoms with Crippen LogP contribution in [0.2, 0.25) is 0 Å². The molecular formula is C69H65N7. The summed E-state index contributed by atoms with van der Waals surface area (Å²) in [4.78, 5) is 16.0. The van der Waals surface area contributed by atoms with Gasteiger partial charge in [0.2, 0.25) is 0 Å². The topological polar surface area (TPSA) is 96.1 Å². The standard InChI is InChI=1S/C69H65N7/c1-14-52-55-36-47(67(5,6)7)25-31-59(55)76(62(52)34-35-66(2,3)4)50-28-24-46(42-71)54(39-50)64-72-63(45-18-16-15-17-19-45)73-65(74-64)58-40-51(29-30-53(58)44-22-20-43(41-70)21-23-44)75-60-32-26-48(68(8,9)10)37-56(60)57-38-49(69(11,12)13)27-33-61(57)75/h14-40H,1H2,2-13H3/b35-34-. The van der Waals surface area contributed by atoms with Gasteiger partial charge >= 0.3 is 0 Å². The van der Waals surface area contributed by atoms with Gasteiger partial charge in [-0.3, -0.25) is 0 Å². The monoisotopic (exact) mass is 992 g/mol. The molecule has 0 bridgehead atoms. The number of allylic oxidation sites excluding steroid dienone is 1. The Hall–Kier alpha value is -8.65. The van der Waals surface area contributed by atoms with Crippen molar-refractivity contribution >= 4 is 44.9 Å². The number of hydrogen-bond donors (Lipinski definition) is 0. The van der Waals surface area contributed by atoms with Crippen molar-refractivity contribution in [2.45, 2.75) is 99.3 Å². The van der Waals surface area contributed by atoms with Crippen LogP contribution in [0.1, 0.15) is 122 Å². The summed E-state index contributed by atoms with van der Waals surface area (Å²) >= 11 is 0. The summed E-state index contributed by atoms with van der Waals surface area (Å²) in [6.45, 7) is 31.2. The van der Waals surface area contributed by atoms with Gasteiger partial charge in [-0.05, 0) is 134 Å². The predicted molar refractivity (Wildman–Crippen MR) is 317 cm³/mol. The first kappa shape index (κ1) is 50.9.